The molecule has 0 unspecified atom stereocenters. The summed E-state index contributed by atoms with van der Waals surface area (Å²) < 4.78 is 51.5. The van der Waals surface area contributed by atoms with Crippen LogP contribution in [0.5, 0.6) is 0 Å². The van der Waals surface area contributed by atoms with E-state index in [0.29, 0.717) is 4.68 Å². The van der Waals surface area contributed by atoms with Crippen LogP contribution in [0.25, 0.3) is 5.69 Å². The molecule has 2 aromatic rings. The predicted octanol–water partition coefficient (Wildman–Crippen LogP) is 2.12. The van der Waals surface area contributed by atoms with Gasteiger partial charge in [-0.15, -0.1) is 5.10 Å². The van der Waals surface area contributed by atoms with Gasteiger partial charge in [0.15, 0.2) is 5.69 Å². The van der Waals surface area contributed by atoms with E-state index >= 15 is 0 Å². The van der Waals surface area contributed by atoms with Gasteiger partial charge in [0.1, 0.15) is 5.82 Å². The average molecular weight is 275 g/mol. The molecule has 0 amide bonds. The van der Waals surface area contributed by atoms with Gasteiger partial charge in [-0.2, -0.15) is 13.2 Å². The number of benzene rings is 1. The Morgan fingerprint density at radius 2 is 1.79 bits per heavy atom. The van der Waals surface area contributed by atoms with Crippen molar-refractivity contribution in [1.82, 2.24) is 15.0 Å². The number of carboxylic acid groups (broad SMARTS) is 1. The molecular weight excluding hydrogens is 270 g/mol. The molecule has 0 atom stereocenters. The second-order valence-electron chi connectivity index (χ2n) is 3.48. The fourth-order valence-electron chi connectivity index (χ4n) is 1.44. The number of aromatic carboxylic acids is 1. The molecule has 0 fully saturated rings. The third kappa shape index (κ3) is 2.39. The van der Waals surface area contributed by atoms with E-state index in [4.69, 9.17) is 5.11 Å². The molecule has 2 rings (SSSR count). The molecular formula is C10H5F4N3O2. The number of aromatic nitrogens is 3. The average Bonchev–Trinajstić information content (AvgIpc) is 2.74. The molecule has 19 heavy (non-hydrogen) atoms. The summed E-state index contributed by atoms with van der Waals surface area (Å²) in [6.45, 7) is 0. The van der Waals surface area contributed by atoms with Crippen LogP contribution in [0.2, 0.25) is 0 Å². The molecule has 0 aliphatic rings. The highest BCUT2D eigenvalue weighted by Crippen LogP contribution is 2.32. The van der Waals surface area contributed by atoms with E-state index in [-0.39, 0.29) is 5.69 Å². The molecule has 0 aliphatic carbocycles. The van der Waals surface area contributed by atoms with Crippen LogP contribution in [0.3, 0.4) is 0 Å². The highest BCUT2D eigenvalue weighted by Gasteiger charge is 2.42. The number of rotatable bonds is 2. The number of nitrogens with zero attached hydrogens (tertiary/aromatic N) is 3. The van der Waals surface area contributed by atoms with E-state index in [9.17, 15) is 22.4 Å². The summed E-state index contributed by atoms with van der Waals surface area (Å²) in [7, 11) is 0. The lowest BCUT2D eigenvalue weighted by Gasteiger charge is -2.09. The van der Waals surface area contributed by atoms with Crippen LogP contribution >= 0.6 is 0 Å². The van der Waals surface area contributed by atoms with Crippen LogP contribution in [-0.2, 0) is 6.18 Å². The van der Waals surface area contributed by atoms with Crippen molar-refractivity contribution < 1.29 is 27.5 Å². The molecule has 100 valence electrons. The van der Waals surface area contributed by atoms with Crippen molar-refractivity contribution >= 4 is 5.97 Å². The quantitative estimate of drug-likeness (QED) is 0.852. The zero-order chi connectivity index (χ0) is 14.2. The molecule has 0 saturated heterocycles. The number of hydrogen-bond acceptors (Lipinski definition) is 3. The molecule has 1 N–H and O–H groups in total. The third-order valence-corrected chi connectivity index (χ3v) is 2.21. The van der Waals surface area contributed by atoms with E-state index in [0.717, 1.165) is 24.3 Å². The van der Waals surface area contributed by atoms with Gasteiger partial charge in [-0.3, -0.25) is 0 Å². The molecule has 1 heterocycles. The lowest BCUT2D eigenvalue weighted by molar-refractivity contribution is -0.143. The molecule has 0 radical (unpaired) electrons. The highest BCUT2D eigenvalue weighted by atomic mass is 19.4. The number of alkyl halides is 3. The van der Waals surface area contributed by atoms with E-state index in [2.05, 4.69) is 10.3 Å². The van der Waals surface area contributed by atoms with Gasteiger partial charge in [-0.25, -0.2) is 13.9 Å². The van der Waals surface area contributed by atoms with Gasteiger partial charge in [0, 0.05) is 0 Å². The number of carbonyl (C=O) groups is 1. The van der Waals surface area contributed by atoms with Crippen LogP contribution in [-0.4, -0.2) is 26.1 Å². The van der Waals surface area contributed by atoms with Crippen molar-refractivity contribution in [2.75, 3.05) is 0 Å². The molecule has 1 aromatic carbocycles. The van der Waals surface area contributed by atoms with Gasteiger partial charge in [0.05, 0.1) is 5.69 Å². The smallest absolute Gasteiger partial charge is 0.436 e. The summed E-state index contributed by atoms with van der Waals surface area (Å²) in [6.07, 6.45) is -4.95. The summed E-state index contributed by atoms with van der Waals surface area (Å²) in [5.41, 5.74) is -2.88. The number of hydrogen-bond donors (Lipinski definition) is 1. The summed E-state index contributed by atoms with van der Waals surface area (Å²) in [5.74, 6) is -2.49. The van der Waals surface area contributed by atoms with Crippen LogP contribution < -0.4 is 0 Å². The molecule has 0 spiro atoms. The van der Waals surface area contributed by atoms with Crippen molar-refractivity contribution in [1.29, 1.82) is 0 Å². The second-order valence-corrected chi connectivity index (χ2v) is 3.48. The minimum absolute atomic E-state index is 0.145. The van der Waals surface area contributed by atoms with Crippen molar-refractivity contribution in [2.45, 2.75) is 6.18 Å². The van der Waals surface area contributed by atoms with E-state index in [1.807, 2.05) is 0 Å². The fraction of sp³-hybridized carbons (Fsp3) is 0.100. The SMILES string of the molecule is O=C(O)c1nnn(-c2ccc(F)cc2)c1C(F)(F)F. The maximum absolute atomic E-state index is 12.8. The molecule has 1 aromatic heterocycles. The Labute approximate surface area is 103 Å². The van der Waals surface area contributed by atoms with Gasteiger partial charge >= 0.3 is 12.1 Å². The first-order chi connectivity index (χ1) is 8.80. The van der Waals surface area contributed by atoms with Crippen LogP contribution in [0, 0.1) is 5.82 Å². The lowest BCUT2D eigenvalue weighted by atomic mass is 10.2. The first kappa shape index (κ1) is 13.0. The number of halogens is 4. The van der Waals surface area contributed by atoms with Gasteiger partial charge in [0.2, 0.25) is 5.69 Å². The molecule has 5 nitrogen and oxygen atoms in total. The van der Waals surface area contributed by atoms with Gasteiger partial charge < -0.3 is 5.11 Å². The monoisotopic (exact) mass is 275 g/mol. The second kappa shape index (κ2) is 4.34. The van der Waals surface area contributed by atoms with Crippen molar-refractivity contribution in [3.63, 3.8) is 0 Å². The van der Waals surface area contributed by atoms with E-state index in [1.54, 1.807) is 0 Å². The van der Waals surface area contributed by atoms with Crippen molar-refractivity contribution in [3.8, 4) is 5.69 Å². The Kier molecular flexibility index (Phi) is 2.97. The molecule has 0 saturated carbocycles. The predicted molar refractivity (Wildman–Crippen MR) is 53.3 cm³/mol. The molecule has 9 heteroatoms. The van der Waals surface area contributed by atoms with Crippen molar-refractivity contribution in [2.24, 2.45) is 0 Å². The van der Waals surface area contributed by atoms with Crippen molar-refractivity contribution in [3.05, 3.63) is 41.5 Å². The largest absolute Gasteiger partial charge is 0.476 e. The van der Waals surface area contributed by atoms with Gasteiger partial charge in [0.25, 0.3) is 0 Å². The first-order valence-corrected chi connectivity index (χ1v) is 4.83. The Balaban J connectivity index is 2.64. The zero-order valence-corrected chi connectivity index (χ0v) is 9.02. The van der Waals surface area contributed by atoms with Gasteiger partial charge in [-0.1, -0.05) is 5.21 Å². The van der Waals surface area contributed by atoms with E-state index in [1.165, 1.54) is 0 Å². The lowest BCUT2D eigenvalue weighted by Crippen LogP contribution is -2.17. The minimum Gasteiger partial charge on any atom is -0.476 e. The Bertz CT molecular complexity index is 619. The maximum atomic E-state index is 12.8. The normalized spacial score (nSPS) is 11.6. The Hall–Kier alpha value is -2.45. The maximum Gasteiger partial charge on any atom is 0.436 e. The summed E-state index contributed by atoms with van der Waals surface area (Å²) in [5, 5.41) is 14.8. The van der Waals surface area contributed by atoms with Gasteiger partial charge in [-0.05, 0) is 24.3 Å². The highest BCUT2D eigenvalue weighted by molar-refractivity contribution is 5.86. The Morgan fingerprint density at radius 1 is 1.21 bits per heavy atom. The zero-order valence-electron chi connectivity index (χ0n) is 9.02. The summed E-state index contributed by atoms with van der Waals surface area (Å²) in [6, 6.07) is 3.92. The third-order valence-electron chi connectivity index (χ3n) is 2.21. The fourth-order valence-corrected chi connectivity index (χ4v) is 1.44. The standard InChI is InChI=1S/C10H5F4N3O2/c11-5-1-3-6(4-2-5)17-8(10(12,13)14)7(9(18)19)15-16-17/h1-4H,(H,18,19). The summed E-state index contributed by atoms with van der Waals surface area (Å²) in [4.78, 5) is 10.7. The topological polar surface area (TPSA) is 68.0 Å². The van der Waals surface area contributed by atoms with Crippen LogP contribution in [0.15, 0.2) is 24.3 Å². The molecule has 0 bridgehead atoms. The van der Waals surface area contributed by atoms with Crippen LogP contribution in [0.4, 0.5) is 17.6 Å². The summed E-state index contributed by atoms with van der Waals surface area (Å²) >= 11 is 0. The van der Waals surface area contributed by atoms with Crippen LogP contribution in [0.1, 0.15) is 16.2 Å². The molecule has 0 aliphatic heterocycles. The number of carboxylic acids is 1. The Morgan fingerprint density at radius 3 is 2.26 bits per heavy atom. The first-order valence-electron chi connectivity index (χ1n) is 4.83. The minimum atomic E-state index is -4.95. The van der Waals surface area contributed by atoms with E-state index < -0.39 is 29.4 Å².